The molecule has 0 unspecified atom stereocenters. The molecule has 3 aliphatic heterocycles. The molecule has 2 amide bonds. The van der Waals surface area contributed by atoms with Gasteiger partial charge in [0, 0.05) is 38.7 Å². The minimum atomic E-state index is -0.330. The van der Waals surface area contributed by atoms with Gasteiger partial charge in [-0.2, -0.15) is 0 Å². The number of rotatable bonds is 10. The first-order valence-corrected chi connectivity index (χ1v) is 15.9. The maximum Gasteiger partial charge on any atom is 0.234 e. The van der Waals surface area contributed by atoms with Gasteiger partial charge in [0.25, 0.3) is 0 Å². The molecule has 2 aromatic carbocycles. The molecular weight excluding hydrogens is 540 g/mol. The zero-order chi connectivity index (χ0) is 29.9. The number of allylic oxidation sites excluding steroid dienone is 1. The maximum atomic E-state index is 14.0. The summed E-state index contributed by atoms with van der Waals surface area (Å²) < 4.78 is 12.0. The summed E-state index contributed by atoms with van der Waals surface area (Å²) in [6.07, 6.45) is 6.89. The van der Waals surface area contributed by atoms with Gasteiger partial charge in [0.1, 0.15) is 5.75 Å². The lowest BCUT2D eigenvalue weighted by Crippen LogP contribution is -2.47. The van der Waals surface area contributed by atoms with Gasteiger partial charge < -0.3 is 14.6 Å². The number of nitrogens with zero attached hydrogens (tertiary/aromatic N) is 2. The van der Waals surface area contributed by atoms with Crippen LogP contribution >= 0.6 is 0 Å². The Kier molecular flexibility index (Phi) is 9.12. The number of imide groups is 1. The molecule has 1 N–H and O–H groups in total. The van der Waals surface area contributed by atoms with Gasteiger partial charge in [-0.25, -0.2) is 0 Å². The van der Waals surface area contributed by atoms with Crippen LogP contribution in [0.15, 0.2) is 71.3 Å². The van der Waals surface area contributed by atoms with Crippen LogP contribution in [0.1, 0.15) is 56.6 Å². The van der Waals surface area contributed by atoms with Crippen LogP contribution in [0.4, 0.5) is 0 Å². The van der Waals surface area contributed by atoms with Crippen LogP contribution in [0.5, 0.6) is 5.75 Å². The number of aromatic hydroxyl groups is 1. The van der Waals surface area contributed by atoms with Gasteiger partial charge >= 0.3 is 0 Å². The van der Waals surface area contributed by atoms with E-state index in [-0.39, 0.29) is 47.5 Å². The van der Waals surface area contributed by atoms with Gasteiger partial charge in [0.05, 0.1) is 31.2 Å². The molecule has 3 heterocycles. The number of carbonyl (C=O) groups is 2. The van der Waals surface area contributed by atoms with Gasteiger partial charge in [0.15, 0.2) is 0 Å². The van der Waals surface area contributed by atoms with Crippen LogP contribution in [0, 0.1) is 17.8 Å². The minimum Gasteiger partial charge on any atom is -0.508 e. The average Bonchev–Trinajstić information content (AvgIpc) is 3.54. The van der Waals surface area contributed by atoms with E-state index < -0.39 is 0 Å². The number of piperidine rings is 1. The van der Waals surface area contributed by atoms with Crippen molar-refractivity contribution in [1.29, 1.82) is 0 Å². The van der Waals surface area contributed by atoms with Gasteiger partial charge in [-0.15, -0.1) is 0 Å². The summed E-state index contributed by atoms with van der Waals surface area (Å²) in [4.78, 5) is 32.0. The quantitative estimate of drug-likeness (QED) is 0.290. The molecule has 0 bridgehead atoms. The molecule has 6 rings (SSSR count). The Morgan fingerprint density at radius 3 is 2.56 bits per heavy atom. The summed E-state index contributed by atoms with van der Waals surface area (Å²) in [5.41, 5.74) is 5.92. The fraction of sp³-hybridized carbons (Fsp3) is 0.500. The highest BCUT2D eigenvalue weighted by Crippen LogP contribution is 2.50. The molecular formula is C36H44N2O5. The smallest absolute Gasteiger partial charge is 0.234 e. The van der Waals surface area contributed by atoms with Crippen LogP contribution in [0.2, 0.25) is 0 Å². The number of carbonyl (C=O) groups excluding carboxylic acids is 2. The molecule has 3 saturated heterocycles. The van der Waals surface area contributed by atoms with Crippen LogP contribution in [-0.2, 0) is 25.6 Å². The van der Waals surface area contributed by atoms with Crippen molar-refractivity contribution >= 4 is 17.9 Å². The van der Waals surface area contributed by atoms with Crippen LogP contribution < -0.4 is 0 Å². The first kappa shape index (κ1) is 29.8. The van der Waals surface area contributed by atoms with Crippen molar-refractivity contribution in [2.75, 3.05) is 33.4 Å². The zero-order valence-electron chi connectivity index (χ0n) is 25.4. The lowest BCUT2D eigenvalue weighted by molar-refractivity contribution is -0.144. The Labute approximate surface area is 255 Å². The number of hydrogen-bond donors (Lipinski definition) is 1. The number of methoxy groups -OCH3 is 1. The summed E-state index contributed by atoms with van der Waals surface area (Å²) in [6, 6.07) is 17.8. The van der Waals surface area contributed by atoms with E-state index in [9.17, 15) is 14.7 Å². The number of benzene rings is 2. The monoisotopic (exact) mass is 584 g/mol. The highest BCUT2D eigenvalue weighted by Gasteiger charge is 2.58. The third kappa shape index (κ3) is 6.21. The molecule has 2 aromatic rings. The third-order valence-corrected chi connectivity index (χ3v) is 9.95. The summed E-state index contributed by atoms with van der Waals surface area (Å²) in [6.45, 7) is 5.77. The molecule has 7 heteroatoms. The van der Waals surface area contributed by atoms with Crippen molar-refractivity contribution in [3.05, 3.63) is 82.4 Å². The average molecular weight is 585 g/mol. The standard InChI is InChI=1S/C36H44N2O5/c1-3-24(18-26-10-7-11-29(39)19-26)12-13-32-33-27(22-42-2)20-30-34(31(33)23-43-32)36(41)38(35(30)40)28-14-16-37(17-15-28)21-25-8-5-4-6-9-25/h4-11,18-19,28,30-32,34,39H,3,12-17,20-23H2,1-2H3/b24-18+/t30-,31+,32-,34-/m1/s1. The van der Waals surface area contributed by atoms with E-state index in [0.29, 0.717) is 19.6 Å². The topological polar surface area (TPSA) is 79.3 Å². The zero-order valence-corrected chi connectivity index (χ0v) is 25.4. The number of phenolic OH excluding ortho intramolecular Hbond substituents is 1. The van der Waals surface area contributed by atoms with E-state index in [1.807, 2.05) is 18.2 Å². The molecule has 7 nitrogen and oxygen atoms in total. The summed E-state index contributed by atoms with van der Waals surface area (Å²) >= 11 is 0. The number of hydrogen-bond acceptors (Lipinski definition) is 6. The normalized spacial score (nSPS) is 26.7. The van der Waals surface area contributed by atoms with Crippen LogP contribution in [-0.4, -0.2) is 72.3 Å². The van der Waals surface area contributed by atoms with E-state index >= 15 is 0 Å². The van der Waals surface area contributed by atoms with E-state index in [0.717, 1.165) is 62.9 Å². The second kappa shape index (κ2) is 13.2. The van der Waals surface area contributed by atoms with E-state index in [1.54, 1.807) is 24.1 Å². The predicted octanol–water partition coefficient (Wildman–Crippen LogP) is 5.59. The molecule has 0 radical (unpaired) electrons. The molecule has 4 atom stereocenters. The summed E-state index contributed by atoms with van der Waals surface area (Å²) in [7, 11) is 1.70. The van der Waals surface area contributed by atoms with Crippen molar-refractivity contribution < 1.29 is 24.2 Å². The van der Waals surface area contributed by atoms with Crippen molar-refractivity contribution in [2.45, 2.75) is 64.1 Å². The Bertz CT molecular complexity index is 1380. The second-order valence-electron chi connectivity index (χ2n) is 12.6. The molecule has 228 valence electrons. The molecule has 0 aromatic heterocycles. The fourth-order valence-electron chi connectivity index (χ4n) is 7.86. The lowest BCUT2D eigenvalue weighted by atomic mass is 9.69. The predicted molar refractivity (Wildman–Crippen MR) is 166 cm³/mol. The Morgan fingerprint density at radius 1 is 1.05 bits per heavy atom. The van der Waals surface area contributed by atoms with Crippen molar-refractivity contribution in [2.24, 2.45) is 17.8 Å². The first-order valence-electron chi connectivity index (χ1n) is 15.9. The second-order valence-corrected chi connectivity index (χ2v) is 12.6. The van der Waals surface area contributed by atoms with Crippen molar-refractivity contribution in [3.63, 3.8) is 0 Å². The minimum absolute atomic E-state index is 0.00919. The molecule has 0 saturated carbocycles. The number of ether oxygens (including phenoxy) is 2. The summed E-state index contributed by atoms with van der Waals surface area (Å²) in [5, 5.41) is 9.87. The Morgan fingerprint density at radius 2 is 1.84 bits per heavy atom. The van der Waals surface area contributed by atoms with Crippen molar-refractivity contribution in [1.82, 2.24) is 9.80 Å². The molecule has 1 aliphatic carbocycles. The highest BCUT2D eigenvalue weighted by molar-refractivity contribution is 6.06. The molecule has 0 spiro atoms. The van der Waals surface area contributed by atoms with Gasteiger partial charge in [-0.3, -0.25) is 19.4 Å². The molecule has 4 aliphatic rings. The van der Waals surface area contributed by atoms with Gasteiger partial charge in [0.2, 0.25) is 11.8 Å². The third-order valence-electron chi connectivity index (χ3n) is 9.95. The number of likely N-dealkylation sites (tertiary alicyclic amines) is 2. The van der Waals surface area contributed by atoms with Crippen LogP contribution in [0.3, 0.4) is 0 Å². The fourth-order valence-corrected chi connectivity index (χ4v) is 7.86. The number of fused-ring (bicyclic) bond motifs is 3. The number of phenols is 1. The largest absolute Gasteiger partial charge is 0.508 e. The maximum absolute atomic E-state index is 14.0. The van der Waals surface area contributed by atoms with Crippen molar-refractivity contribution in [3.8, 4) is 5.75 Å². The van der Waals surface area contributed by atoms with E-state index in [4.69, 9.17) is 9.47 Å². The van der Waals surface area contributed by atoms with Crippen LogP contribution in [0.25, 0.3) is 6.08 Å². The molecule has 3 fully saturated rings. The Balaban J connectivity index is 1.14. The number of amides is 2. The van der Waals surface area contributed by atoms with Gasteiger partial charge in [-0.1, -0.05) is 61.0 Å². The summed E-state index contributed by atoms with van der Waals surface area (Å²) in [5.74, 6) is -0.418. The highest BCUT2D eigenvalue weighted by atomic mass is 16.5. The Hall–Kier alpha value is -3.26. The van der Waals surface area contributed by atoms with E-state index in [2.05, 4.69) is 42.2 Å². The SMILES string of the molecule is CC/C(=C\c1cccc(O)c1)CC[C@H]1OC[C@H]2C1=C(COC)C[C@H]1C(=O)N(C3CCN(Cc4ccccc4)CC3)C(=O)[C@H]12. The van der Waals surface area contributed by atoms with Gasteiger partial charge in [-0.05, 0) is 72.9 Å². The lowest BCUT2D eigenvalue weighted by Gasteiger charge is -2.36. The van der Waals surface area contributed by atoms with E-state index in [1.165, 1.54) is 16.7 Å². The molecule has 43 heavy (non-hydrogen) atoms. The first-order chi connectivity index (χ1) is 21.0.